The van der Waals surface area contributed by atoms with E-state index in [-0.39, 0.29) is 5.82 Å². The van der Waals surface area contributed by atoms with Crippen molar-refractivity contribution >= 4 is 33.3 Å². The van der Waals surface area contributed by atoms with Gasteiger partial charge in [0.2, 0.25) is 0 Å². The van der Waals surface area contributed by atoms with E-state index in [1.807, 2.05) is 20.9 Å². The first kappa shape index (κ1) is 14.7. The topological polar surface area (TPSA) is 49.8 Å². The molecular weight excluding hydrogens is 323 g/mol. The number of benzene rings is 1. The van der Waals surface area contributed by atoms with E-state index in [9.17, 15) is 4.39 Å². The van der Waals surface area contributed by atoms with Crippen LogP contribution in [0.1, 0.15) is 18.1 Å². The van der Waals surface area contributed by atoms with Gasteiger partial charge in [0.15, 0.2) is 0 Å². The quantitative estimate of drug-likeness (QED) is 0.883. The van der Waals surface area contributed by atoms with Gasteiger partial charge >= 0.3 is 0 Å². The van der Waals surface area contributed by atoms with Crippen LogP contribution in [0.4, 0.5) is 21.7 Å². The summed E-state index contributed by atoms with van der Waals surface area (Å²) in [6.45, 7) is 3.89. The predicted molar refractivity (Wildman–Crippen MR) is 83.1 cm³/mol. The minimum absolute atomic E-state index is 0.276. The Morgan fingerprint density at radius 3 is 2.60 bits per heavy atom. The first-order chi connectivity index (χ1) is 9.56. The lowest BCUT2D eigenvalue weighted by Gasteiger charge is -2.14. The van der Waals surface area contributed by atoms with Gasteiger partial charge in [-0.25, -0.2) is 14.4 Å². The highest BCUT2D eigenvalue weighted by atomic mass is 79.9. The average molecular weight is 339 g/mol. The number of anilines is 3. The summed E-state index contributed by atoms with van der Waals surface area (Å²) in [5, 5.41) is 6.29. The predicted octanol–water partition coefficient (Wildman–Crippen LogP) is 4.03. The molecule has 6 heteroatoms. The highest BCUT2D eigenvalue weighted by molar-refractivity contribution is 9.10. The zero-order valence-electron chi connectivity index (χ0n) is 11.6. The van der Waals surface area contributed by atoms with Crippen molar-refractivity contribution < 1.29 is 4.39 Å². The molecular formula is C14H16BrFN4. The normalized spacial score (nSPS) is 10.4. The second kappa shape index (κ2) is 6.17. The minimum atomic E-state index is -0.276. The zero-order valence-corrected chi connectivity index (χ0v) is 13.2. The fraction of sp³-hybridized carbons (Fsp3) is 0.286. The molecule has 106 valence electrons. The molecule has 1 aromatic heterocycles. The standard InChI is InChI=1S/C14H16BrFN4/c1-4-9-13(17-3)18-7-19-14(9)20-12-6-10(15)11(16)5-8(12)2/h5-7H,4H2,1-3H3,(H2,17,18,19,20). The van der Waals surface area contributed by atoms with Crippen LogP contribution in [0.2, 0.25) is 0 Å². The number of aromatic nitrogens is 2. The molecule has 0 fully saturated rings. The van der Waals surface area contributed by atoms with E-state index in [2.05, 4.69) is 36.5 Å². The van der Waals surface area contributed by atoms with E-state index in [0.29, 0.717) is 4.47 Å². The van der Waals surface area contributed by atoms with Crippen molar-refractivity contribution in [2.24, 2.45) is 0 Å². The molecule has 2 aromatic rings. The summed E-state index contributed by atoms with van der Waals surface area (Å²) in [4.78, 5) is 8.47. The average Bonchev–Trinajstić information content (AvgIpc) is 2.44. The molecule has 2 rings (SSSR count). The summed E-state index contributed by atoms with van der Waals surface area (Å²) in [6.07, 6.45) is 2.29. The molecule has 20 heavy (non-hydrogen) atoms. The van der Waals surface area contributed by atoms with Gasteiger partial charge in [-0.1, -0.05) is 6.92 Å². The number of hydrogen-bond acceptors (Lipinski definition) is 4. The van der Waals surface area contributed by atoms with Crippen LogP contribution in [0.3, 0.4) is 0 Å². The highest BCUT2D eigenvalue weighted by Crippen LogP contribution is 2.29. The second-order valence-electron chi connectivity index (χ2n) is 4.36. The van der Waals surface area contributed by atoms with Gasteiger partial charge in [-0.3, -0.25) is 0 Å². The van der Waals surface area contributed by atoms with Crippen molar-refractivity contribution in [3.8, 4) is 0 Å². The Morgan fingerprint density at radius 2 is 1.95 bits per heavy atom. The molecule has 1 heterocycles. The smallest absolute Gasteiger partial charge is 0.139 e. The lowest BCUT2D eigenvalue weighted by atomic mass is 10.1. The Labute approximate surface area is 126 Å². The number of nitrogens with zero attached hydrogens (tertiary/aromatic N) is 2. The van der Waals surface area contributed by atoms with Crippen molar-refractivity contribution in [3.63, 3.8) is 0 Å². The van der Waals surface area contributed by atoms with Gasteiger partial charge in [-0.15, -0.1) is 0 Å². The number of rotatable bonds is 4. The van der Waals surface area contributed by atoms with Gasteiger partial charge in [0.1, 0.15) is 23.8 Å². The molecule has 0 aliphatic heterocycles. The van der Waals surface area contributed by atoms with Crippen LogP contribution in [0.25, 0.3) is 0 Å². The molecule has 0 saturated carbocycles. The summed E-state index contributed by atoms with van der Waals surface area (Å²) in [7, 11) is 1.82. The van der Waals surface area contributed by atoms with Gasteiger partial charge in [0, 0.05) is 18.3 Å². The molecule has 0 atom stereocenters. The monoisotopic (exact) mass is 338 g/mol. The van der Waals surface area contributed by atoms with Crippen LogP contribution >= 0.6 is 15.9 Å². The Bertz CT molecular complexity index is 631. The first-order valence-electron chi connectivity index (χ1n) is 6.31. The van der Waals surface area contributed by atoms with Crippen LogP contribution in [0.5, 0.6) is 0 Å². The fourth-order valence-corrected chi connectivity index (χ4v) is 2.32. The van der Waals surface area contributed by atoms with Crippen molar-refractivity contribution in [1.82, 2.24) is 9.97 Å². The van der Waals surface area contributed by atoms with Crippen molar-refractivity contribution in [2.75, 3.05) is 17.7 Å². The van der Waals surface area contributed by atoms with E-state index < -0.39 is 0 Å². The molecule has 0 amide bonds. The number of aryl methyl sites for hydroxylation is 1. The van der Waals surface area contributed by atoms with E-state index in [4.69, 9.17) is 0 Å². The third-order valence-corrected chi connectivity index (χ3v) is 3.66. The molecule has 0 spiro atoms. The molecule has 0 aliphatic rings. The maximum atomic E-state index is 13.5. The molecule has 0 aliphatic carbocycles. The summed E-state index contributed by atoms with van der Waals surface area (Å²) in [5.41, 5.74) is 2.63. The zero-order chi connectivity index (χ0) is 14.7. The Morgan fingerprint density at radius 1 is 1.25 bits per heavy atom. The number of nitrogens with one attached hydrogen (secondary N) is 2. The maximum Gasteiger partial charge on any atom is 0.139 e. The lowest BCUT2D eigenvalue weighted by molar-refractivity contribution is 0.620. The number of hydrogen-bond donors (Lipinski definition) is 2. The largest absolute Gasteiger partial charge is 0.373 e. The van der Waals surface area contributed by atoms with E-state index in [0.717, 1.165) is 34.9 Å². The van der Waals surface area contributed by atoms with Crippen LogP contribution < -0.4 is 10.6 Å². The van der Waals surface area contributed by atoms with Crippen LogP contribution in [-0.2, 0) is 6.42 Å². The van der Waals surface area contributed by atoms with Gasteiger partial charge in [0.05, 0.1) is 4.47 Å². The third kappa shape index (κ3) is 2.90. The summed E-state index contributed by atoms with van der Waals surface area (Å²) in [5.74, 6) is 1.25. The molecule has 0 saturated heterocycles. The minimum Gasteiger partial charge on any atom is -0.373 e. The summed E-state index contributed by atoms with van der Waals surface area (Å²) >= 11 is 3.20. The van der Waals surface area contributed by atoms with Gasteiger partial charge in [-0.05, 0) is 47.0 Å². The van der Waals surface area contributed by atoms with E-state index in [1.165, 1.54) is 12.4 Å². The Hall–Kier alpha value is -1.69. The van der Waals surface area contributed by atoms with Crippen LogP contribution in [0.15, 0.2) is 22.9 Å². The van der Waals surface area contributed by atoms with E-state index >= 15 is 0 Å². The SMILES string of the molecule is CCc1c(NC)ncnc1Nc1cc(Br)c(F)cc1C. The van der Waals surface area contributed by atoms with Crippen molar-refractivity contribution in [1.29, 1.82) is 0 Å². The molecule has 0 unspecified atom stereocenters. The van der Waals surface area contributed by atoms with Crippen LogP contribution in [-0.4, -0.2) is 17.0 Å². The maximum absolute atomic E-state index is 13.5. The van der Waals surface area contributed by atoms with Crippen molar-refractivity contribution in [3.05, 3.63) is 39.9 Å². The Balaban J connectivity index is 2.42. The fourth-order valence-electron chi connectivity index (χ4n) is 1.98. The first-order valence-corrected chi connectivity index (χ1v) is 7.10. The van der Waals surface area contributed by atoms with E-state index in [1.54, 1.807) is 6.07 Å². The molecule has 0 bridgehead atoms. The van der Waals surface area contributed by atoms with Crippen LogP contribution in [0, 0.1) is 12.7 Å². The second-order valence-corrected chi connectivity index (χ2v) is 5.21. The molecule has 1 aromatic carbocycles. The summed E-state index contributed by atoms with van der Waals surface area (Å²) in [6, 6.07) is 3.20. The highest BCUT2D eigenvalue weighted by Gasteiger charge is 2.11. The summed E-state index contributed by atoms with van der Waals surface area (Å²) < 4.78 is 13.9. The van der Waals surface area contributed by atoms with Crippen molar-refractivity contribution in [2.45, 2.75) is 20.3 Å². The Kier molecular flexibility index (Phi) is 4.54. The lowest BCUT2D eigenvalue weighted by Crippen LogP contribution is -2.05. The third-order valence-electron chi connectivity index (χ3n) is 3.06. The van der Waals surface area contributed by atoms with Gasteiger partial charge in [0.25, 0.3) is 0 Å². The van der Waals surface area contributed by atoms with Gasteiger partial charge < -0.3 is 10.6 Å². The molecule has 0 radical (unpaired) electrons. The van der Waals surface area contributed by atoms with Gasteiger partial charge in [-0.2, -0.15) is 0 Å². The number of halogens is 2. The molecule has 4 nitrogen and oxygen atoms in total. The molecule has 2 N–H and O–H groups in total.